The van der Waals surface area contributed by atoms with E-state index in [0.29, 0.717) is 17.9 Å². The van der Waals surface area contributed by atoms with Gasteiger partial charge in [0.25, 0.3) is 0 Å². The van der Waals surface area contributed by atoms with Gasteiger partial charge in [-0.3, -0.25) is 4.99 Å². The van der Waals surface area contributed by atoms with Gasteiger partial charge in [-0.25, -0.2) is 0 Å². The summed E-state index contributed by atoms with van der Waals surface area (Å²) >= 11 is 0. The van der Waals surface area contributed by atoms with E-state index in [1.165, 1.54) is 30.4 Å². The monoisotopic (exact) mass is 430 g/mol. The van der Waals surface area contributed by atoms with Crippen LogP contribution in [0.15, 0.2) is 23.2 Å². The zero-order valence-electron chi connectivity index (χ0n) is 14.8. The van der Waals surface area contributed by atoms with Crippen molar-refractivity contribution in [1.82, 2.24) is 4.90 Å². The van der Waals surface area contributed by atoms with Crippen LogP contribution < -0.4 is 11.1 Å². The van der Waals surface area contributed by atoms with Gasteiger partial charge in [-0.2, -0.15) is 0 Å². The maximum atomic E-state index is 6.05. The molecular weight excluding hydrogens is 399 g/mol. The number of rotatable bonds is 6. The fourth-order valence-electron chi connectivity index (χ4n) is 3.03. The topological polar surface area (TPSA) is 53.6 Å². The second kappa shape index (κ2) is 9.47. The first-order valence-electron chi connectivity index (χ1n) is 8.31. The summed E-state index contributed by atoms with van der Waals surface area (Å²) in [7, 11) is 4.21. The predicted molar refractivity (Wildman–Crippen MR) is 111 cm³/mol. The Labute approximate surface area is 157 Å². The molecule has 1 aromatic rings. The Hall–Kier alpha value is -0.820. The third-order valence-electron chi connectivity index (χ3n) is 4.32. The number of likely N-dealkylation sites (N-methyl/N-ethyl adjacent to an activating group) is 1. The minimum absolute atomic E-state index is 0. The van der Waals surface area contributed by atoms with Crippen molar-refractivity contribution in [2.45, 2.75) is 45.6 Å². The van der Waals surface area contributed by atoms with Crippen molar-refractivity contribution in [1.29, 1.82) is 0 Å². The molecule has 0 amide bonds. The molecule has 4 nitrogen and oxygen atoms in total. The van der Waals surface area contributed by atoms with Gasteiger partial charge in [-0.1, -0.05) is 19.9 Å². The summed E-state index contributed by atoms with van der Waals surface area (Å²) < 4.78 is 0. The number of halogens is 1. The van der Waals surface area contributed by atoms with Crippen molar-refractivity contribution in [2.24, 2.45) is 16.6 Å². The molecule has 3 N–H and O–H groups in total. The molecule has 0 fully saturated rings. The van der Waals surface area contributed by atoms with Crippen molar-refractivity contribution >= 4 is 35.6 Å². The average molecular weight is 430 g/mol. The van der Waals surface area contributed by atoms with Crippen molar-refractivity contribution in [3.05, 3.63) is 29.3 Å². The van der Waals surface area contributed by atoms with Crippen molar-refractivity contribution in [3.8, 4) is 0 Å². The molecule has 0 spiro atoms. The zero-order chi connectivity index (χ0) is 16.1. The summed E-state index contributed by atoms with van der Waals surface area (Å²) in [5, 5.41) is 3.23. The number of nitrogens with zero attached hydrogens (tertiary/aromatic N) is 2. The molecule has 1 aliphatic rings. The van der Waals surface area contributed by atoms with Gasteiger partial charge in [-0.15, -0.1) is 24.0 Å². The number of hydrogen-bond acceptors (Lipinski definition) is 2. The van der Waals surface area contributed by atoms with E-state index in [2.05, 4.69) is 61.4 Å². The van der Waals surface area contributed by atoms with Gasteiger partial charge in [-0.05, 0) is 69.0 Å². The number of benzene rings is 1. The zero-order valence-corrected chi connectivity index (χ0v) is 17.1. The van der Waals surface area contributed by atoms with Gasteiger partial charge in [0.1, 0.15) is 0 Å². The van der Waals surface area contributed by atoms with Crippen LogP contribution in [0.5, 0.6) is 0 Å². The minimum Gasteiger partial charge on any atom is -0.370 e. The molecule has 1 unspecified atom stereocenters. The van der Waals surface area contributed by atoms with Crippen molar-refractivity contribution in [2.75, 3.05) is 26.0 Å². The highest BCUT2D eigenvalue weighted by Gasteiger charge is 2.13. The Morgan fingerprint density at radius 1 is 1.26 bits per heavy atom. The lowest BCUT2D eigenvalue weighted by Gasteiger charge is -2.24. The van der Waals surface area contributed by atoms with Gasteiger partial charge in [0, 0.05) is 11.7 Å². The molecule has 0 radical (unpaired) electrons. The molecule has 1 aromatic carbocycles. The fraction of sp³-hybridized carbons (Fsp3) is 0.611. The maximum Gasteiger partial charge on any atom is 0.193 e. The van der Waals surface area contributed by atoms with Gasteiger partial charge in [0.2, 0.25) is 0 Å². The molecule has 130 valence electrons. The summed E-state index contributed by atoms with van der Waals surface area (Å²) in [6, 6.07) is 6.95. The molecule has 0 bridgehead atoms. The smallest absolute Gasteiger partial charge is 0.193 e. The first kappa shape index (κ1) is 20.2. The number of aryl methyl sites for hydroxylation is 2. The van der Waals surface area contributed by atoms with Crippen LogP contribution in [0.3, 0.4) is 0 Å². The Bertz CT molecular complexity index is 526. The summed E-state index contributed by atoms with van der Waals surface area (Å²) in [6.07, 6.45) is 4.78. The lowest BCUT2D eigenvalue weighted by Crippen LogP contribution is -2.34. The van der Waals surface area contributed by atoms with E-state index in [-0.39, 0.29) is 24.0 Å². The van der Waals surface area contributed by atoms with E-state index >= 15 is 0 Å². The molecule has 0 saturated carbocycles. The van der Waals surface area contributed by atoms with E-state index in [0.717, 1.165) is 18.7 Å². The van der Waals surface area contributed by atoms with Crippen molar-refractivity contribution < 1.29 is 0 Å². The molecule has 1 aliphatic carbocycles. The lowest BCUT2D eigenvalue weighted by atomic mass is 10.0. The van der Waals surface area contributed by atoms with E-state index in [1.807, 2.05) is 0 Å². The second-order valence-corrected chi connectivity index (χ2v) is 6.93. The molecule has 0 aromatic heterocycles. The van der Waals surface area contributed by atoms with Crippen LogP contribution in [0, 0.1) is 5.92 Å². The van der Waals surface area contributed by atoms with E-state index in [9.17, 15) is 0 Å². The van der Waals surface area contributed by atoms with Crippen LogP contribution in [-0.2, 0) is 12.8 Å². The number of aliphatic imine (C=N–C) groups is 1. The first-order valence-corrected chi connectivity index (χ1v) is 8.31. The molecule has 23 heavy (non-hydrogen) atoms. The predicted octanol–water partition coefficient (Wildman–Crippen LogP) is 3.50. The maximum absolute atomic E-state index is 6.05. The Morgan fingerprint density at radius 3 is 2.61 bits per heavy atom. The Balaban J connectivity index is 0.00000264. The fourth-order valence-corrected chi connectivity index (χ4v) is 3.03. The summed E-state index contributed by atoms with van der Waals surface area (Å²) in [4.78, 5) is 6.76. The third-order valence-corrected chi connectivity index (χ3v) is 4.32. The number of nitrogens with two attached hydrogens (primary N) is 1. The third kappa shape index (κ3) is 6.30. The Morgan fingerprint density at radius 2 is 1.96 bits per heavy atom. The molecular formula is C18H31IN4. The molecule has 0 heterocycles. The second-order valence-electron chi connectivity index (χ2n) is 6.93. The lowest BCUT2D eigenvalue weighted by molar-refractivity contribution is 0.261. The number of fused-ring (bicyclic) bond motifs is 1. The van der Waals surface area contributed by atoms with Gasteiger partial charge >= 0.3 is 0 Å². The molecule has 2 rings (SSSR count). The van der Waals surface area contributed by atoms with Gasteiger partial charge in [0.05, 0.1) is 6.54 Å². The van der Waals surface area contributed by atoms with Crippen LogP contribution in [0.1, 0.15) is 37.8 Å². The molecule has 1 atom stereocenters. The van der Waals surface area contributed by atoms with E-state index < -0.39 is 0 Å². The van der Waals surface area contributed by atoms with E-state index in [4.69, 9.17) is 5.73 Å². The largest absolute Gasteiger partial charge is 0.370 e. The van der Waals surface area contributed by atoms with Crippen LogP contribution in [0.25, 0.3) is 0 Å². The van der Waals surface area contributed by atoms with Crippen LogP contribution >= 0.6 is 24.0 Å². The van der Waals surface area contributed by atoms with E-state index in [1.54, 1.807) is 0 Å². The first-order chi connectivity index (χ1) is 10.5. The SMILES string of the molecule is CC(C)CC(CN=C(N)Nc1ccc2c(c1)CCC2)N(C)C.I. The van der Waals surface area contributed by atoms with Crippen LogP contribution in [0.2, 0.25) is 0 Å². The average Bonchev–Trinajstić information content (AvgIpc) is 2.90. The number of anilines is 1. The van der Waals surface area contributed by atoms with Gasteiger partial charge in [0.15, 0.2) is 5.96 Å². The summed E-state index contributed by atoms with van der Waals surface area (Å²) in [5.41, 5.74) is 10.0. The van der Waals surface area contributed by atoms with Crippen LogP contribution in [-0.4, -0.2) is 37.5 Å². The minimum atomic E-state index is 0. The summed E-state index contributed by atoms with van der Waals surface area (Å²) in [6.45, 7) is 5.22. The summed E-state index contributed by atoms with van der Waals surface area (Å²) in [5.74, 6) is 1.17. The van der Waals surface area contributed by atoms with Crippen molar-refractivity contribution in [3.63, 3.8) is 0 Å². The number of guanidine groups is 1. The Kier molecular flexibility index (Phi) is 8.33. The highest BCUT2D eigenvalue weighted by Crippen LogP contribution is 2.24. The highest BCUT2D eigenvalue weighted by atomic mass is 127. The quantitative estimate of drug-likeness (QED) is 0.413. The number of nitrogens with one attached hydrogen (secondary N) is 1. The number of hydrogen-bond donors (Lipinski definition) is 2. The van der Waals surface area contributed by atoms with Gasteiger partial charge < -0.3 is 16.0 Å². The molecule has 0 saturated heterocycles. The molecule has 0 aliphatic heterocycles. The normalized spacial score (nSPS) is 15.5. The molecule has 5 heteroatoms. The standard InChI is InChI=1S/C18H30N4.HI/c1-13(2)10-17(22(3)4)12-20-18(19)21-16-9-8-14-6-5-7-15(14)11-16;/h8-9,11,13,17H,5-7,10,12H2,1-4H3,(H3,19,20,21);1H. The van der Waals surface area contributed by atoms with Crippen LogP contribution in [0.4, 0.5) is 5.69 Å². The highest BCUT2D eigenvalue weighted by molar-refractivity contribution is 14.0.